The molecule has 0 spiro atoms. The van der Waals surface area contributed by atoms with Crippen LogP contribution in [-0.2, 0) is 6.54 Å². The number of nitrogens with one attached hydrogen (secondary N) is 1. The number of hydrogen-bond acceptors (Lipinski definition) is 3. The Morgan fingerprint density at radius 3 is 2.53 bits per heavy atom. The van der Waals surface area contributed by atoms with Crippen molar-refractivity contribution in [2.24, 2.45) is 0 Å². The van der Waals surface area contributed by atoms with Gasteiger partial charge in [-0.25, -0.2) is 0 Å². The Kier molecular flexibility index (Phi) is 2.69. The van der Waals surface area contributed by atoms with Crippen LogP contribution < -0.4 is 10.2 Å². The Hall–Kier alpha value is -1.61. The highest BCUT2D eigenvalue weighted by Gasteiger charge is 2.25. The van der Waals surface area contributed by atoms with Crippen LogP contribution in [0.2, 0.25) is 0 Å². The van der Waals surface area contributed by atoms with Crippen LogP contribution in [0.15, 0.2) is 54.6 Å². The molecule has 17 heavy (non-hydrogen) atoms. The third-order valence-corrected chi connectivity index (χ3v) is 3.40. The second kappa shape index (κ2) is 4.34. The summed E-state index contributed by atoms with van der Waals surface area (Å²) in [5, 5.41) is 3.36. The minimum Gasteiger partial charge on any atom is -0.355 e. The van der Waals surface area contributed by atoms with E-state index in [2.05, 4.69) is 65.3 Å². The van der Waals surface area contributed by atoms with Crippen molar-refractivity contribution >= 4 is 24.0 Å². The molecule has 2 nitrogen and oxygen atoms in total. The van der Waals surface area contributed by atoms with Crippen molar-refractivity contribution in [2.45, 2.75) is 12.0 Å². The number of anilines is 2. The summed E-state index contributed by atoms with van der Waals surface area (Å²) in [5.41, 5.74) is 3.72. The molecule has 0 saturated heterocycles. The largest absolute Gasteiger partial charge is 0.355 e. The van der Waals surface area contributed by atoms with E-state index >= 15 is 0 Å². The Morgan fingerprint density at radius 1 is 1.00 bits per heavy atom. The fraction of sp³-hybridized carbons (Fsp3) is 0.143. The van der Waals surface area contributed by atoms with Crippen LogP contribution >= 0.6 is 12.6 Å². The van der Waals surface area contributed by atoms with Crippen molar-refractivity contribution in [2.75, 3.05) is 10.2 Å². The summed E-state index contributed by atoms with van der Waals surface area (Å²) < 4.78 is 0. The zero-order chi connectivity index (χ0) is 11.7. The van der Waals surface area contributed by atoms with Crippen LogP contribution in [-0.4, -0.2) is 5.50 Å². The molecule has 0 aliphatic carbocycles. The van der Waals surface area contributed by atoms with Gasteiger partial charge in [0.05, 0.1) is 11.4 Å². The molecule has 0 fully saturated rings. The van der Waals surface area contributed by atoms with Crippen LogP contribution in [0.1, 0.15) is 5.56 Å². The molecule has 1 unspecified atom stereocenters. The second-order valence-corrected chi connectivity index (χ2v) is 4.64. The average molecular weight is 242 g/mol. The van der Waals surface area contributed by atoms with E-state index in [0.717, 1.165) is 12.2 Å². The molecule has 0 saturated carbocycles. The summed E-state index contributed by atoms with van der Waals surface area (Å²) in [6.45, 7) is 0.874. The van der Waals surface area contributed by atoms with E-state index in [9.17, 15) is 0 Å². The predicted octanol–water partition coefficient (Wildman–Crippen LogP) is 3.33. The van der Waals surface area contributed by atoms with E-state index < -0.39 is 0 Å². The highest BCUT2D eigenvalue weighted by molar-refractivity contribution is 7.81. The van der Waals surface area contributed by atoms with Crippen LogP contribution in [0.5, 0.6) is 0 Å². The lowest BCUT2D eigenvalue weighted by Gasteiger charge is -2.23. The molecule has 86 valence electrons. The Balaban J connectivity index is 1.89. The number of fused-ring (bicyclic) bond motifs is 1. The molecular weight excluding hydrogens is 228 g/mol. The summed E-state index contributed by atoms with van der Waals surface area (Å²) in [5.74, 6) is 0. The van der Waals surface area contributed by atoms with Crippen molar-refractivity contribution in [3.05, 3.63) is 60.2 Å². The van der Waals surface area contributed by atoms with Gasteiger partial charge in [-0.05, 0) is 17.7 Å². The maximum Gasteiger partial charge on any atom is 0.145 e. The van der Waals surface area contributed by atoms with Gasteiger partial charge < -0.3 is 10.2 Å². The van der Waals surface area contributed by atoms with Gasteiger partial charge in [-0.3, -0.25) is 0 Å². The molecule has 0 aromatic heterocycles. The fourth-order valence-electron chi connectivity index (χ4n) is 2.15. The lowest BCUT2D eigenvalue weighted by molar-refractivity contribution is 0.838. The predicted molar refractivity (Wildman–Crippen MR) is 75.5 cm³/mol. The van der Waals surface area contributed by atoms with E-state index in [1.54, 1.807) is 0 Å². The Labute approximate surface area is 107 Å². The minimum atomic E-state index is 0.0487. The quantitative estimate of drug-likeness (QED) is 0.785. The summed E-state index contributed by atoms with van der Waals surface area (Å²) in [4.78, 5) is 2.26. The second-order valence-electron chi connectivity index (χ2n) is 4.15. The number of para-hydroxylation sites is 2. The van der Waals surface area contributed by atoms with Crippen LogP contribution in [0.3, 0.4) is 0 Å². The van der Waals surface area contributed by atoms with Crippen molar-refractivity contribution in [1.82, 2.24) is 0 Å². The van der Waals surface area contributed by atoms with Gasteiger partial charge in [0.25, 0.3) is 0 Å². The van der Waals surface area contributed by atoms with Crippen molar-refractivity contribution in [3.63, 3.8) is 0 Å². The molecule has 1 N–H and O–H groups in total. The van der Waals surface area contributed by atoms with Gasteiger partial charge in [-0.1, -0.05) is 42.5 Å². The third-order valence-electron chi connectivity index (χ3n) is 2.99. The molecule has 2 aromatic carbocycles. The molecule has 3 rings (SSSR count). The number of hydrogen-bond donors (Lipinski definition) is 2. The van der Waals surface area contributed by atoms with E-state index in [1.165, 1.54) is 11.3 Å². The van der Waals surface area contributed by atoms with Gasteiger partial charge in [0.15, 0.2) is 0 Å². The molecule has 3 heteroatoms. The molecule has 2 aromatic rings. The van der Waals surface area contributed by atoms with Crippen molar-refractivity contribution in [3.8, 4) is 0 Å². The Morgan fingerprint density at radius 2 is 1.71 bits per heavy atom. The van der Waals surface area contributed by atoms with Crippen molar-refractivity contribution in [1.29, 1.82) is 0 Å². The van der Waals surface area contributed by atoms with E-state index in [0.29, 0.717) is 0 Å². The van der Waals surface area contributed by atoms with E-state index in [4.69, 9.17) is 0 Å². The van der Waals surface area contributed by atoms with Gasteiger partial charge >= 0.3 is 0 Å². The van der Waals surface area contributed by atoms with Crippen LogP contribution in [0.4, 0.5) is 11.4 Å². The lowest BCUT2D eigenvalue weighted by atomic mass is 10.2. The van der Waals surface area contributed by atoms with E-state index in [-0.39, 0.29) is 5.50 Å². The summed E-state index contributed by atoms with van der Waals surface area (Å²) in [6, 6.07) is 18.8. The summed E-state index contributed by atoms with van der Waals surface area (Å²) in [7, 11) is 0. The number of rotatable bonds is 2. The zero-order valence-corrected chi connectivity index (χ0v) is 10.3. The minimum absolute atomic E-state index is 0.0487. The number of benzene rings is 2. The van der Waals surface area contributed by atoms with Crippen LogP contribution in [0, 0.1) is 0 Å². The molecule has 1 atom stereocenters. The fourth-order valence-corrected chi connectivity index (χ4v) is 2.49. The molecule has 0 radical (unpaired) electrons. The Bertz CT molecular complexity index is 513. The highest BCUT2D eigenvalue weighted by atomic mass is 32.1. The first-order valence-electron chi connectivity index (χ1n) is 5.69. The van der Waals surface area contributed by atoms with Gasteiger partial charge in [-0.2, -0.15) is 0 Å². The average Bonchev–Trinajstić information content (AvgIpc) is 2.68. The van der Waals surface area contributed by atoms with Crippen molar-refractivity contribution < 1.29 is 0 Å². The van der Waals surface area contributed by atoms with Crippen LogP contribution in [0.25, 0.3) is 0 Å². The topological polar surface area (TPSA) is 15.3 Å². The van der Waals surface area contributed by atoms with Gasteiger partial charge in [0.2, 0.25) is 0 Å². The number of thiol groups is 1. The molecule has 1 aliphatic heterocycles. The van der Waals surface area contributed by atoms with Gasteiger partial charge in [0.1, 0.15) is 5.50 Å². The third kappa shape index (κ3) is 1.98. The summed E-state index contributed by atoms with van der Waals surface area (Å²) >= 11 is 4.58. The standard InChI is InChI=1S/C14H14N2S/c17-14-15-12-8-4-5-9-13(12)16(14)10-11-6-2-1-3-7-11/h1-9,14-15,17H,10H2. The van der Waals surface area contributed by atoms with Gasteiger partial charge in [-0.15, -0.1) is 12.6 Å². The normalized spacial score (nSPS) is 17.7. The molecular formula is C14H14N2S. The maximum atomic E-state index is 4.58. The monoisotopic (exact) mass is 242 g/mol. The first-order chi connectivity index (χ1) is 8.34. The van der Waals surface area contributed by atoms with Gasteiger partial charge in [0, 0.05) is 6.54 Å². The zero-order valence-electron chi connectivity index (χ0n) is 9.38. The molecule has 1 heterocycles. The summed E-state index contributed by atoms with van der Waals surface area (Å²) in [6.07, 6.45) is 0. The molecule has 0 bridgehead atoms. The first-order valence-corrected chi connectivity index (χ1v) is 6.20. The first kappa shape index (κ1) is 10.5. The van der Waals surface area contributed by atoms with E-state index in [1.807, 2.05) is 12.1 Å². The number of nitrogens with zero attached hydrogens (tertiary/aromatic N) is 1. The lowest BCUT2D eigenvalue weighted by Crippen LogP contribution is -2.30. The molecule has 1 aliphatic rings. The maximum absolute atomic E-state index is 4.58. The highest BCUT2D eigenvalue weighted by Crippen LogP contribution is 2.36. The smallest absolute Gasteiger partial charge is 0.145 e. The molecule has 0 amide bonds. The SMILES string of the molecule is SC1Nc2ccccc2N1Cc1ccccc1.